The Morgan fingerprint density at radius 3 is 2.64 bits per heavy atom. The zero-order chi connectivity index (χ0) is 22.5. The van der Waals surface area contributed by atoms with Gasteiger partial charge < -0.3 is 4.57 Å². The van der Waals surface area contributed by atoms with Crippen molar-refractivity contribution in [3.8, 4) is 0 Å². The van der Waals surface area contributed by atoms with Gasteiger partial charge >= 0.3 is 0 Å². The first kappa shape index (κ1) is 22.1. The number of anilines is 1. The van der Waals surface area contributed by atoms with Gasteiger partial charge in [-0.25, -0.2) is 4.98 Å². The van der Waals surface area contributed by atoms with Crippen LogP contribution in [0.25, 0.3) is 11.0 Å². The Hall–Kier alpha value is -2.75. The lowest BCUT2D eigenvalue weighted by Gasteiger charge is -2.25. The number of para-hydroxylation sites is 2. The largest absolute Gasteiger partial charge is 0.323 e. The number of fused-ring (bicyclic) bond motifs is 1. The van der Waals surface area contributed by atoms with Gasteiger partial charge in [0, 0.05) is 6.54 Å². The van der Waals surface area contributed by atoms with Crippen LogP contribution in [0.3, 0.4) is 0 Å². The number of benzene rings is 2. The van der Waals surface area contributed by atoms with Gasteiger partial charge in [0.1, 0.15) is 5.82 Å². The average Bonchev–Trinajstić information content (AvgIpc) is 3.43. The van der Waals surface area contributed by atoms with Gasteiger partial charge in [0.15, 0.2) is 4.34 Å². The van der Waals surface area contributed by atoms with E-state index in [-0.39, 0.29) is 5.91 Å². The number of rotatable bonds is 8. The van der Waals surface area contributed by atoms with Crippen LogP contribution >= 0.6 is 23.1 Å². The molecule has 0 radical (unpaired) electrons. The molecule has 7 nitrogen and oxygen atoms in total. The molecule has 5 rings (SSSR count). The summed E-state index contributed by atoms with van der Waals surface area (Å²) in [6, 6.07) is 18.6. The van der Waals surface area contributed by atoms with Crippen molar-refractivity contribution in [2.75, 3.05) is 25.0 Å². The molecule has 2 aromatic carbocycles. The molecule has 33 heavy (non-hydrogen) atoms. The number of likely N-dealkylation sites (tertiary alicyclic amines) is 1. The lowest BCUT2D eigenvalue weighted by molar-refractivity contribution is -0.117. The van der Waals surface area contributed by atoms with E-state index in [2.05, 4.69) is 55.3 Å². The Morgan fingerprint density at radius 1 is 1.00 bits per heavy atom. The highest BCUT2D eigenvalue weighted by Crippen LogP contribution is 2.29. The highest BCUT2D eigenvalue weighted by molar-refractivity contribution is 8.00. The minimum atomic E-state index is -0.0192. The summed E-state index contributed by atoms with van der Waals surface area (Å²) in [6.07, 6.45) is 3.60. The summed E-state index contributed by atoms with van der Waals surface area (Å²) in [5.41, 5.74) is 3.35. The Morgan fingerprint density at radius 2 is 1.79 bits per heavy atom. The predicted molar refractivity (Wildman–Crippen MR) is 134 cm³/mol. The molecule has 9 heteroatoms. The summed E-state index contributed by atoms with van der Waals surface area (Å²) < 4.78 is 3.08. The summed E-state index contributed by atoms with van der Waals surface area (Å²) >= 11 is 3.01. The third-order valence-corrected chi connectivity index (χ3v) is 7.68. The average molecular weight is 479 g/mol. The number of imidazole rings is 1. The van der Waals surface area contributed by atoms with Crippen molar-refractivity contribution < 1.29 is 4.79 Å². The van der Waals surface area contributed by atoms with Gasteiger partial charge in [-0.05, 0) is 43.6 Å². The number of piperidine rings is 1. The first-order valence-corrected chi connectivity index (χ1v) is 13.0. The van der Waals surface area contributed by atoms with Crippen molar-refractivity contribution in [3.63, 3.8) is 0 Å². The number of nitrogens with zero attached hydrogens (tertiary/aromatic N) is 5. The maximum atomic E-state index is 12.4. The van der Waals surface area contributed by atoms with E-state index in [4.69, 9.17) is 4.98 Å². The molecule has 1 fully saturated rings. The Bertz CT molecular complexity index is 1220. The number of amides is 1. The van der Waals surface area contributed by atoms with Crippen LogP contribution in [-0.2, 0) is 17.1 Å². The molecule has 1 aliphatic rings. The topological polar surface area (TPSA) is 75.9 Å². The number of hydrogen-bond donors (Lipinski definition) is 1. The molecule has 1 aliphatic heterocycles. The predicted octanol–water partition coefficient (Wildman–Crippen LogP) is 4.65. The first-order chi connectivity index (χ1) is 16.2. The molecule has 0 aliphatic carbocycles. The molecule has 2 aromatic heterocycles. The second-order valence-corrected chi connectivity index (χ2v) is 10.3. The van der Waals surface area contributed by atoms with Crippen LogP contribution in [-0.4, -0.2) is 50.2 Å². The van der Waals surface area contributed by atoms with E-state index >= 15 is 0 Å². The van der Waals surface area contributed by atoms with E-state index in [0.29, 0.717) is 17.4 Å². The molecular formula is C24H26N6OS2. The number of nitrogens with one attached hydrogen (secondary N) is 1. The second-order valence-electron chi connectivity index (χ2n) is 8.14. The zero-order valence-corrected chi connectivity index (χ0v) is 19.9. The van der Waals surface area contributed by atoms with Gasteiger partial charge in [-0.2, -0.15) is 0 Å². The molecule has 4 aromatic rings. The van der Waals surface area contributed by atoms with Crippen LogP contribution < -0.4 is 5.32 Å². The van der Waals surface area contributed by atoms with Gasteiger partial charge in [-0.3, -0.25) is 15.0 Å². The van der Waals surface area contributed by atoms with Gasteiger partial charge in [0.25, 0.3) is 0 Å². The SMILES string of the molecule is O=C(CN1CCCCC1)Nc1nnc(SCc2nc3ccccc3n2Cc2ccccc2)s1. The molecule has 3 heterocycles. The number of thioether (sulfide) groups is 1. The molecule has 1 saturated heterocycles. The Kier molecular flexibility index (Phi) is 6.99. The molecule has 0 bridgehead atoms. The lowest BCUT2D eigenvalue weighted by Crippen LogP contribution is -2.36. The van der Waals surface area contributed by atoms with E-state index in [0.717, 1.165) is 40.8 Å². The van der Waals surface area contributed by atoms with E-state index in [9.17, 15) is 4.79 Å². The number of carbonyl (C=O) groups excluding carboxylic acids is 1. The van der Waals surface area contributed by atoms with Crippen LogP contribution in [0.5, 0.6) is 0 Å². The second kappa shape index (κ2) is 10.5. The fraction of sp³-hybridized carbons (Fsp3) is 0.333. The fourth-order valence-electron chi connectivity index (χ4n) is 4.10. The van der Waals surface area contributed by atoms with Crippen molar-refractivity contribution in [1.82, 2.24) is 24.6 Å². The van der Waals surface area contributed by atoms with Crippen LogP contribution in [0, 0.1) is 0 Å². The van der Waals surface area contributed by atoms with E-state index in [1.165, 1.54) is 36.2 Å². The van der Waals surface area contributed by atoms with Gasteiger partial charge in [0.05, 0.1) is 23.3 Å². The molecule has 1 amide bonds. The lowest BCUT2D eigenvalue weighted by atomic mass is 10.1. The molecule has 170 valence electrons. The highest BCUT2D eigenvalue weighted by Gasteiger charge is 2.16. The first-order valence-electron chi connectivity index (χ1n) is 11.2. The van der Waals surface area contributed by atoms with Crippen LogP contribution in [0.15, 0.2) is 58.9 Å². The number of aromatic nitrogens is 4. The summed E-state index contributed by atoms with van der Waals surface area (Å²) in [4.78, 5) is 19.4. The minimum Gasteiger partial charge on any atom is -0.323 e. The fourth-order valence-corrected chi connectivity index (χ4v) is 5.82. The third kappa shape index (κ3) is 5.61. The maximum Gasteiger partial charge on any atom is 0.240 e. The summed E-state index contributed by atoms with van der Waals surface area (Å²) in [5.74, 6) is 1.66. The summed E-state index contributed by atoms with van der Waals surface area (Å²) in [7, 11) is 0. The van der Waals surface area contributed by atoms with Gasteiger partial charge in [0.2, 0.25) is 11.0 Å². The van der Waals surface area contributed by atoms with Crippen LogP contribution in [0.4, 0.5) is 5.13 Å². The molecular weight excluding hydrogens is 452 g/mol. The smallest absolute Gasteiger partial charge is 0.240 e. The van der Waals surface area contributed by atoms with Crippen LogP contribution in [0.2, 0.25) is 0 Å². The molecule has 0 unspecified atom stereocenters. The number of carbonyl (C=O) groups is 1. The van der Waals surface area contributed by atoms with Crippen molar-refractivity contribution in [3.05, 3.63) is 66.0 Å². The molecule has 0 atom stereocenters. The van der Waals surface area contributed by atoms with Crippen molar-refractivity contribution in [2.24, 2.45) is 0 Å². The summed E-state index contributed by atoms with van der Waals surface area (Å²) in [6.45, 7) is 3.18. The Balaban J connectivity index is 1.24. The van der Waals surface area contributed by atoms with Crippen LogP contribution in [0.1, 0.15) is 30.7 Å². The van der Waals surface area contributed by atoms with E-state index in [1.807, 2.05) is 24.3 Å². The number of hydrogen-bond acceptors (Lipinski definition) is 7. The maximum absolute atomic E-state index is 12.4. The Labute approximate surface area is 201 Å². The van der Waals surface area contributed by atoms with Gasteiger partial charge in [-0.1, -0.05) is 72.0 Å². The van der Waals surface area contributed by atoms with Gasteiger partial charge in [-0.15, -0.1) is 10.2 Å². The van der Waals surface area contributed by atoms with Crippen molar-refractivity contribution in [1.29, 1.82) is 0 Å². The monoisotopic (exact) mass is 478 g/mol. The molecule has 0 spiro atoms. The van der Waals surface area contributed by atoms with E-state index in [1.54, 1.807) is 11.8 Å². The van der Waals surface area contributed by atoms with E-state index < -0.39 is 0 Å². The minimum absolute atomic E-state index is 0.0192. The highest BCUT2D eigenvalue weighted by atomic mass is 32.2. The molecule has 0 saturated carbocycles. The zero-order valence-electron chi connectivity index (χ0n) is 18.3. The normalized spacial score (nSPS) is 14.5. The quantitative estimate of drug-likeness (QED) is 0.293. The third-order valence-electron chi connectivity index (χ3n) is 5.71. The molecule has 1 N–H and O–H groups in total. The standard InChI is InChI=1S/C24H26N6OS2/c31-22(16-29-13-7-2-8-14-29)26-23-27-28-24(33-23)32-17-21-25-19-11-5-6-12-20(19)30(21)15-18-9-3-1-4-10-18/h1,3-6,9-12H,2,7-8,13-17H2,(H,26,27,31). The van der Waals surface area contributed by atoms with Crippen molar-refractivity contribution >= 4 is 45.2 Å². The summed E-state index contributed by atoms with van der Waals surface area (Å²) in [5, 5.41) is 11.9. The van der Waals surface area contributed by atoms with Crippen molar-refractivity contribution in [2.45, 2.75) is 35.9 Å².